The predicted molar refractivity (Wildman–Crippen MR) is 77.2 cm³/mol. The topological polar surface area (TPSA) is 23.6 Å². The lowest BCUT2D eigenvalue weighted by Crippen LogP contribution is -2.49. The summed E-state index contributed by atoms with van der Waals surface area (Å²) < 4.78 is 13.9. The van der Waals surface area contributed by atoms with Gasteiger partial charge in [0.05, 0.1) is 0 Å². The van der Waals surface area contributed by atoms with Crippen LogP contribution in [-0.2, 0) is 0 Å². The predicted octanol–water partition coefficient (Wildman–Crippen LogP) is 2.58. The van der Waals surface area contributed by atoms with Crippen LogP contribution in [0.25, 0.3) is 0 Å². The molecule has 0 N–H and O–H groups in total. The second kappa shape index (κ2) is 6.68. The van der Waals surface area contributed by atoms with E-state index in [4.69, 9.17) is 11.6 Å². The van der Waals surface area contributed by atoms with E-state index in [1.54, 1.807) is 11.0 Å². The third-order valence-corrected chi connectivity index (χ3v) is 3.80. The summed E-state index contributed by atoms with van der Waals surface area (Å²) in [6.45, 7) is 3.78. The van der Waals surface area contributed by atoms with Gasteiger partial charge < -0.3 is 4.90 Å². The van der Waals surface area contributed by atoms with Gasteiger partial charge in [-0.25, -0.2) is 4.39 Å². The smallest absolute Gasteiger partial charge is 0.254 e. The number of halogens is 3. The zero-order valence-corrected chi connectivity index (χ0v) is 12.8. The lowest BCUT2D eigenvalue weighted by molar-refractivity contribution is 0.0644. The summed E-state index contributed by atoms with van der Waals surface area (Å²) in [5, 5.41) is 0. The van der Waals surface area contributed by atoms with Crippen molar-refractivity contribution in [2.75, 3.05) is 38.6 Å². The molecule has 1 amide bonds. The van der Waals surface area contributed by atoms with E-state index in [0.717, 1.165) is 19.6 Å². The number of hydrogen-bond donors (Lipinski definition) is 0. The molecule has 0 spiro atoms. The maximum atomic E-state index is 13.3. The van der Waals surface area contributed by atoms with Gasteiger partial charge in [0.2, 0.25) is 0 Å². The van der Waals surface area contributed by atoms with Crippen molar-refractivity contribution in [2.45, 2.75) is 0 Å². The molecule has 2 rings (SSSR count). The highest BCUT2D eigenvalue weighted by molar-refractivity contribution is 9.10. The average Bonchev–Trinajstić information content (AvgIpc) is 2.38. The zero-order valence-electron chi connectivity index (χ0n) is 10.4. The molecule has 0 aliphatic carbocycles. The third-order valence-electron chi connectivity index (χ3n) is 3.17. The standard InChI is InChI=1S/C13H15BrClFN2O/c14-11-7-10(8-12(16)9-11)13(19)18-5-3-17(2-1-15)4-6-18/h7-9H,1-6H2. The van der Waals surface area contributed by atoms with Crippen LogP contribution >= 0.6 is 27.5 Å². The quantitative estimate of drug-likeness (QED) is 0.783. The number of hydrogen-bond acceptors (Lipinski definition) is 2. The van der Waals surface area contributed by atoms with Crippen molar-refractivity contribution < 1.29 is 9.18 Å². The van der Waals surface area contributed by atoms with E-state index in [9.17, 15) is 9.18 Å². The molecule has 1 aliphatic rings. The van der Waals surface area contributed by atoms with E-state index in [2.05, 4.69) is 20.8 Å². The number of amides is 1. The van der Waals surface area contributed by atoms with Gasteiger partial charge in [0.25, 0.3) is 5.91 Å². The monoisotopic (exact) mass is 348 g/mol. The number of alkyl halides is 1. The van der Waals surface area contributed by atoms with Gasteiger partial charge in [0.1, 0.15) is 5.82 Å². The summed E-state index contributed by atoms with van der Waals surface area (Å²) in [5.74, 6) is 0.0781. The molecule has 1 aromatic rings. The summed E-state index contributed by atoms with van der Waals surface area (Å²) in [4.78, 5) is 16.2. The first-order valence-corrected chi connectivity index (χ1v) is 7.46. The summed E-state index contributed by atoms with van der Waals surface area (Å²) >= 11 is 8.90. The number of piperazine rings is 1. The average molecular weight is 350 g/mol. The highest BCUT2D eigenvalue weighted by Crippen LogP contribution is 2.17. The Morgan fingerprint density at radius 1 is 1.26 bits per heavy atom. The Morgan fingerprint density at radius 3 is 2.53 bits per heavy atom. The van der Waals surface area contributed by atoms with Crippen LogP contribution in [-0.4, -0.2) is 54.3 Å². The van der Waals surface area contributed by atoms with Crippen molar-refractivity contribution in [1.29, 1.82) is 0 Å². The van der Waals surface area contributed by atoms with Crippen molar-refractivity contribution in [3.05, 3.63) is 34.1 Å². The van der Waals surface area contributed by atoms with Gasteiger partial charge >= 0.3 is 0 Å². The molecule has 6 heteroatoms. The van der Waals surface area contributed by atoms with E-state index >= 15 is 0 Å². The molecule has 0 unspecified atom stereocenters. The van der Waals surface area contributed by atoms with Crippen LogP contribution in [0.2, 0.25) is 0 Å². The van der Waals surface area contributed by atoms with Gasteiger partial charge in [0.15, 0.2) is 0 Å². The minimum atomic E-state index is -0.404. The number of rotatable bonds is 3. The molecule has 0 saturated carbocycles. The number of carbonyl (C=O) groups excluding carboxylic acids is 1. The van der Waals surface area contributed by atoms with E-state index < -0.39 is 5.82 Å². The minimum absolute atomic E-state index is 0.120. The van der Waals surface area contributed by atoms with Gasteiger partial charge in [-0.05, 0) is 18.2 Å². The van der Waals surface area contributed by atoms with Crippen molar-refractivity contribution in [3.8, 4) is 0 Å². The van der Waals surface area contributed by atoms with Gasteiger partial charge in [-0.15, -0.1) is 11.6 Å². The fourth-order valence-electron chi connectivity index (χ4n) is 2.15. The first-order chi connectivity index (χ1) is 9.10. The van der Waals surface area contributed by atoms with Crippen molar-refractivity contribution in [2.24, 2.45) is 0 Å². The van der Waals surface area contributed by atoms with E-state index in [0.29, 0.717) is 29.0 Å². The van der Waals surface area contributed by atoms with Gasteiger partial charge in [-0.1, -0.05) is 15.9 Å². The van der Waals surface area contributed by atoms with Gasteiger partial charge in [-0.2, -0.15) is 0 Å². The Kier molecular flexibility index (Phi) is 5.19. The highest BCUT2D eigenvalue weighted by atomic mass is 79.9. The van der Waals surface area contributed by atoms with Crippen LogP contribution in [0, 0.1) is 5.82 Å². The van der Waals surface area contributed by atoms with Crippen LogP contribution in [0.5, 0.6) is 0 Å². The summed E-state index contributed by atoms with van der Waals surface area (Å²) in [7, 11) is 0. The van der Waals surface area contributed by atoms with Crippen LogP contribution in [0.1, 0.15) is 10.4 Å². The molecule has 104 valence electrons. The molecule has 1 aliphatic heterocycles. The molecule has 19 heavy (non-hydrogen) atoms. The van der Waals surface area contributed by atoms with Gasteiger partial charge in [0, 0.05) is 48.6 Å². The molecule has 0 bridgehead atoms. The SMILES string of the molecule is O=C(c1cc(F)cc(Br)c1)N1CCN(CCCl)CC1. The maximum absolute atomic E-state index is 13.3. The Bertz CT molecular complexity index is 444. The van der Waals surface area contributed by atoms with Crippen molar-refractivity contribution in [3.63, 3.8) is 0 Å². The van der Waals surface area contributed by atoms with Crippen LogP contribution in [0.15, 0.2) is 22.7 Å². The van der Waals surface area contributed by atoms with Crippen LogP contribution < -0.4 is 0 Å². The second-order valence-corrected chi connectivity index (χ2v) is 5.77. The lowest BCUT2D eigenvalue weighted by atomic mass is 10.1. The van der Waals surface area contributed by atoms with E-state index in [1.165, 1.54) is 12.1 Å². The number of nitrogens with zero attached hydrogens (tertiary/aromatic N) is 2. The molecule has 1 heterocycles. The number of carbonyl (C=O) groups is 1. The molecule has 0 atom stereocenters. The minimum Gasteiger partial charge on any atom is -0.336 e. The molecule has 1 aromatic carbocycles. The molecular formula is C13H15BrClFN2O. The third kappa shape index (κ3) is 3.91. The van der Waals surface area contributed by atoms with E-state index in [-0.39, 0.29) is 5.91 Å². The Morgan fingerprint density at radius 2 is 1.95 bits per heavy atom. The van der Waals surface area contributed by atoms with Crippen LogP contribution in [0.3, 0.4) is 0 Å². The molecule has 1 fully saturated rings. The molecule has 3 nitrogen and oxygen atoms in total. The van der Waals surface area contributed by atoms with Gasteiger partial charge in [-0.3, -0.25) is 9.69 Å². The summed E-state index contributed by atoms with van der Waals surface area (Å²) in [5.41, 5.74) is 0.387. The normalized spacial score (nSPS) is 16.7. The molecule has 0 aromatic heterocycles. The summed E-state index contributed by atoms with van der Waals surface area (Å²) in [6.07, 6.45) is 0. The Hall–Kier alpha value is -0.650. The van der Waals surface area contributed by atoms with Crippen molar-refractivity contribution in [1.82, 2.24) is 9.80 Å². The Balaban J connectivity index is 2.01. The number of benzene rings is 1. The van der Waals surface area contributed by atoms with Crippen molar-refractivity contribution >= 4 is 33.4 Å². The molecular weight excluding hydrogens is 335 g/mol. The van der Waals surface area contributed by atoms with E-state index in [1.807, 2.05) is 0 Å². The first-order valence-electron chi connectivity index (χ1n) is 6.14. The lowest BCUT2D eigenvalue weighted by Gasteiger charge is -2.34. The zero-order chi connectivity index (χ0) is 13.8. The molecule has 0 radical (unpaired) electrons. The fraction of sp³-hybridized carbons (Fsp3) is 0.462. The van der Waals surface area contributed by atoms with Crippen LogP contribution in [0.4, 0.5) is 4.39 Å². The first kappa shape index (κ1) is 14.8. The fourth-order valence-corrected chi connectivity index (χ4v) is 2.86. The molecule has 1 saturated heterocycles. The largest absolute Gasteiger partial charge is 0.336 e. The summed E-state index contributed by atoms with van der Waals surface area (Å²) in [6, 6.07) is 4.27. The highest BCUT2D eigenvalue weighted by Gasteiger charge is 2.22. The Labute approximate surface area is 125 Å². The maximum Gasteiger partial charge on any atom is 0.254 e. The second-order valence-electron chi connectivity index (χ2n) is 4.48.